The maximum atomic E-state index is 13.2. The number of aromatic nitrogens is 4. The van der Waals surface area contributed by atoms with Crippen LogP contribution < -0.4 is 15.1 Å². The van der Waals surface area contributed by atoms with Crippen molar-refractivity contribution in [1.82, 2.24) is 19.9 Å². The fourth-order valence-corrected chi connectivity index (χ4v) is 3.90. The Kier molecular flexibility index (Phi) is 5.26. The summed E-state index contributed by atoms with van der Waals surface area (Å²) in [5.74, 6) is 1.05. The van der Waals surface area contributed by atoms with Crippen LogP contribution in [0.4, 0.5) is 27.5 Å². The Balaban J connectivity index is 1.42. The summed E-state index contributed by atoms with van der Waals surface area (Å²) in [6.45, 7) is 7.24. The van der Waals surface area contributed by atoms with Gasteiger partial charge in [-0.3, -0.25) is 0 Å². The first-order chi connectivity index (χ1) is 15.6. The summed E-state index contributed by atoms with van der Waals surface area (Å²) in [4.78, 5) is 22.8. The van der Waals surface area contributed by atoms with E-state index in [1.54, 1.807) is 12.4 Å². The molecule has 0 radical (unpaired) electrons. The Bertz CT molecular complexity index is 1250. The number of halogens is 1. The molecule has 0 unspecified atom stereocenters. The molecule has 32 heavy (non-hydrogen) atoms. The molecule has 0 atom stereocenters. The van der Waals surface area contributed by atoms with Crippen LogP contribution in [0.1, 0.15) is 11.1 Å². The zero-order valence-electron chi connectivity index (χ0n) is 18.1. The van der Waals surface area contributed by atoms with Gasteiger partial charge in [-0.25, -0.2) is 14.4 Å². The number of hydrogen-bond acceptors (Lipinski definition) is 7. The highest BCUT2D eigenvalue weighted by Crippen LogP contribution is 2.27. The van der Waals surface area contributed by atoms with Gasteiger partial charge in [0.1, 0.15) is 5.82 Å². The van der Waals surface area contributed by atoms with Gasteiger partial charge in [0.15, 0.2) is 17.0 Å². The van der Waals surface area contributed by atoms with Gasteiger partial charge in [0.05, 0.1) is 0 Å². The molecular formula is C24H24FN7. The molecule has 1 fully saturated rings. The average molecular weight is 430 g/mol. The van der Waals surface area contributed by atoms with E-state index in [4.69, 9.17) is 4.98 Å². The molecule has 1 N–H and O–H groups in total. The first-order valence-electron chi connectivity index (χ1n) is 10.7. The van der Waals surface area contributed by atoms with Crippen molar-refractivity contribution >= 4 is 34.3 Å². The van der Waals surface area contributed by atoms with Crippen molar-refractivity contribution in [3.05, 3.63) is 71.8 Å². The largest absolute Gasteiger partial charge is 0.368 e. The second-order valence-electron chi connectivity index (χ2n) is 7.99. The Morgan fingerprint density at radius 2 is 1.56 bits per heavy atom. The quantitative estimate of drug-likeness (QED) is 0.520. The fraction of sp³-hybridized carbons (Fsp3) is 0.250. The molecule has 8 heteroatoms. The van der Waals surface area contributed by atoms with Crippen LogP contribution in [0.2, 0.25) is 0 Å². The van der Waals surface area contributed by atoms with E-state index < -0.39 is 0 Å². The average Bonchev–Trinajstić information content (AvgIpc) is 2.82. The molecule has 5 rings (SSSR count). The van der Waals surface area contributed by atoms with Crippen LogP contribution in [0.25, 0.3) is 11.2 Å². The second-order valence-corrected chi connectivity index (χ2v) is 7.99. The Labute approximate surface area is 186 Å². The van der Waals surface area contributed by atoms with Gasteiger partial charge in [-0.1, -0.05) is 12.1 Å². The van der Waals surface area contributed by atoms with Crippen molar-refractivity contribution in [3.63, 3.8) is 0 Å². The number of nitrogens with one attached hydrogen (secondary N) is 1. The minimum Gasteiger partial charge on any atom is -0.368 e. The zero-order chi connectivity index (χ0) is 22.1. The monoisotopic (exact) mass is 429 g/mol. The minimum atomic E-state index is -0.220. The minimum absolute atomic E-state index is 0.220. The van der Waals surface area contributed by atoms with E-state index in [0.29, 0.717) is 22.9 Å². The van der Waals surface area contributed by atoms with Crippen molar-refractivity contribution in [1.29, 1.82) is 0 Å². The standard InChI is InChI=1S/C24H24FN7/c1-16-3-4-17(2)20(15-16)28-23-21-22(27-10-9-26-21)29-24(30-23)32-13-11-31(12-14-32)19-7-5-18(25)6-8-19/h3-10,15H,11-14H2,1-2H3,(H,27,28,29,30). The molecule has 3 heterocycles. The summed E-state index contributed by atoms with van der Waals surface area (Å²) in [5.41, 5.74) is 5.50. The van der Waals surface area contributed by atoms with Crippen LogP contribution in [-0.4, -0.2) is 46.1 Å². The second kappa shape index (κ2) is 8.37. The van der Waals surface area contributed by atoms with Gasteiger partial charge < -0.3 is 15.1 Å². The molecule has 0 bridgehead atoms. The Morgan fingerprint density at radius 3 is 2.34 bits per heavy atom. The number of rotatable bonds is 4. The van der Waals surface area contributed by atoms with Gasteiger partial charge in [-0.2, -0.15) is 9.97 Å². The van der Waals surface area contributed by atoms with E-state index in [0.717, 1.165) is 43.1 Å². The number of anilines is 4. The van der Waals surface area contributed by atoms with Crippen LogP contribution in [0.5, 0.6) is 0 Å². The maximum Gasteiger partial charge on any atom is 0.229 e. The topological polar surface area (TPSA) is 70.1 Å². The predicted molar refractivity (Wildman–Crippen MR) is 125 cm³/mol. The predicted octanol–water partition coefficient (Wildman–Crippen LogP) is 4.25. The van der Waals surface area contributed by atoms with Crippen molar-refractivity contribution in [3.8, 4) is 0 Å². The highest BCUT2D eigenvalue weighted by molar-refractivity contribution is 5.86. The number of benzene rings is 2. The molecule has 2 aromatic carbocycles. The molecule has 0 aliphatic carbocycles. The highest BCUT2D eigenvalue weighted by atomic mass is 19.1. The summed E-state index contributed by atoms with van der Waals surface area (Å²) >= 11 is 0. The van der Waals surface area contributed by atoms with Gasteiger partial charge in [-0.05, 0) is 55.3 Å². The SMILES string of the molecule is Cc1ccc(C)c(Nc2nc(N3CCN(c4ccc(F)cc4)CC3)nc3nccnc23)c1. The van der Waals surface area contributed by atoms with Crippen LogP contribution >= 0.6 is 0 Å². The number of hydrogen-bond donors (Lipinski definition) is 1. The normalized spacial score (nSPS) is 14.1. The first kappa shape index (κ1) is 20.1. The van der Waals surface area contributed by atoms with Gasteiger partial charge in [0.2, 0.25) is 5.95 Å². The molecule has 2 aromatic heterocycles. The lowest BCUT2D eigenvalue weighted by molar-refractivity contribution is 0.623. The molecule has 1 aliphatic rings. The molecule has 1 aliphatic heterocycles. The van der Waals surface area contributed by atoms with Crippen LogP contribution in [-0.2, 0) is 0 Å². The lowest BCUT2D eigenvalue weighted by atomic mass is 10.1. The van der Waals surface area contributed by atoms with E-state index in [9.17, 15) is 4.39 Å². The number of aryl methyl sites for hydroxylation is 2. The summed E-state index contributed by atoms with van der Waals surface area (Å²) in [7, 11) is 0. The molecular weight excluding hydrogens is 405 g/mol. The zero-order valence-corrected chi connectivity index (χ0v) is 18.1. The van der Waals surface area contributed by atoms with Gasteiger partial charge >= 0.3 is 0 Å². The third kappa shape index (κ3) is 4.03. The number of nitrogens with zero attached hydrogens (tertiary/aromatic N) is 6. The molecule has 0 spiro atoms. The van der Waals surface area contributed by atoms with E-state index in [-0.39, 0.29) is 5.82 Å². The van der Waals surface area contributed by atoms with Gasteiger partial charge in [-0.15, -0.1) is 0 Å². The molecule has 4 aromatic rings. The lowest BCUT2D eigenvalue weighted by Crippen LogP contribution is -2.47. The summed E-state index contributed by atoms with van der Waals surface area (Å²) < 4.78 is 13.2. The molecule has 162 valence electrons. The summed E-state index contributed by atoms with van der Waals surface area (Å²) in [5, 5.41) is 3.45. The van der Waals surface area contributed by atoms with Gasteiger partial charge in [0, 0.05) is 49.9 Å². The highest BCUT2D eigenvalue weighted by Gasteiger charge is 2.21. The van der Waals surface area contributed by atoms with E-state index in [1.165, 1.54) is 17.7 Å². The summed E-state index contributed by atoms with van der Waals surface area (Å²) in [6.07, 6.45) is 3.30. The Hall–Kier alpha value is -3.81. The van der Waals surface area contributed by atoms with Crippen molar-refractivity contribution in [2.45, 2.75) is 13.8 Å². The number of fused-ring (bicyclic) bond motifs is 1. The fourth-order valence-electron chi connectivity index (χ4n) is 3.90. The molecule has 0 amide bonds. The van der Waals surface area contributed by atoms with E-state index in [2.05, 4.69) is 62.1 Å². The molecule has 0 saturated carbocycles. The lowest BCUT2D eigenvalue weighted by Gasteiger charge is -2.36. The van der Waals surface area contributed by atoms with Crippen molar-refractivity contribution in [2.75, 3.05) is 41.3 Å². The third-order valence-electron chi connectivity index (χ3n) is 5.72. The van der Waals surface area contributed by atoms with Crippen LogP contribution in [0.15, 0.2) is 54.9 Å². The summed E-state index contributed by atoms with van der Waals surface area (Å²) in [6, 6.07) is 12.9. The van der Waals surface area contributed by atoms with Crippen molar-refractivity contribution < 1.29 is 4.39 Å². The van der Waals surface area contributed by atoms with Crippen molar-refractivity contribution in [2.24, 2.45) is 0 Å². The first-order valence-corrected chi connectivity index (χ1v) is 10.7. The van der Waals surface area contributed by atoms with E-state index >= 15 is 0 Å². The van der Waals surface area contributed by atoms with Crippen LogP contribution in [0, 0.1) is 19.7 Å². The molecule has 7 nitrogen and oxygen atoms in total. The number of piperazine rings is 1. The Morgan fingerprint density at radius 1 is 0.844 bits per heavy atom. The maximum absolute atomic E-state index is 13.2. The van der Waals surface area contributed by atoms with Crippen LogP contribution in [0.3, 0.4) is 0 Å². The third-order valence-corrected chi connectivity index (χ3v) is 5.72. The molecule has 1 saturated heterocycles. The van der Waals surface area contributed by atoms with Gasteiger partial charge in [0.25, 0.3) is 0 Å². The van der Waals surface area contributed by atoms with E-state index in [1.807, 2.05) is 12.1 Å². The smallest absolute Gasteiger partial charge is 0.229 e.